The summed E-state index contributed by atoms with van der Waals surface area (Å²) in [4.78, 5) is 12.8. The van der Waals surface area contributed by atoms with Crippen molar-refractivity contribution >= 4 is 29.7 Å². The van der Waals surface area contributed by atoms with Crippen LogP contribution in [0.3, 0.4) is 0 Å². The number of Topliss-reactive ketones (excluding diaryl/α,β-unsaturated/α-hetero) is 1. The fourth-order valence-corrected chi connectivity index (χ4v) is 3.67. The molecule has 1 nitrogen and oxygen atoms in total. The first-order chi connectivity index (χ1) is 11.1. The molecule has 0 radical (unpaired) electrons. The molecule has 116 valence electrons. The zero-order valence-electron chi connectivity index (χ0n) is 13.5. The summed E-state index contributed by atoms with van der Waals surface area (Å²) in [6.45, 7) is 4.16. The van der Waals surface area contributed by atoms with Crippen molar-refractivity contribution < 1.29 is 4.79 Å². The van der Waals surface area contributed by atoms with Crippen molar-refractivity contribution in [2.24, 2.45) is 0 Å². The van der Waals surface area contributed by atoms with E-state index in [0.29, 0.717) is 0 Å². The summed E-state index contributed by atoms with van der Waals surface area (Å²) in [5.41, 5.74) is 6.47. The second-order valence-electron chi connectivity index (χ2n) is 5.87. The van der Waals surface area contributed by atoms with Gasteiger partial charge in [-0.15, -0.1) is 0 Å². The Hall–Kier alpha value is -2.06. The third-order valence-corrected chi connectivity index (χ3v) is 5.17. The molecule has 0 unspecified atom stereocenters. The van der Waals surface area contributed by atoms with E-state index in [4.69, 9.17) is 0 Å². The van der Waals surface area contributed by atoms with Crippen molar-refractivity contribution in [2.45, 2.75) is 13.8 Å². The van der Waals surface area contributed by atoms with Gasteiger partial charge in [-0.2, -0.15) is 11.8 Å². The van der Waals surface area contributed by atoms with E-state index >= 15 is 0 Å². The molecule has 1 aliphatic rings. The van der Waals surface area contributed by atoms with Crippen LogP contribution < -0.4 is 0 Å². The van der Waals surface area contributed by atoms with Crippen LogP contribution in [-0.2, 0) is 4.79 Å². The number of hydrogen-bond donors (Lipinski definition) is 0. The maximum Gasteiger partial charge on any atom is 0.186 e. The first kappa shape index (κ1) is 15.8. The van der Waals surface area contributed by atoms with Crippen LogP contribution in [0.1, 0.15) is 22.3 Å². The standard InChI is InChI=1S/C21H20OS/c1-15-7-3-5-9-17(15)11-19-13-23-14-20(21(19)22)12-18-10-6-4-8-16(18)2/h3-12H,13-14H2,1-2H3/b19-11-,20-12+. The van der Waals surface area contributed by atoms with Gasteiger partial charge in [-0.25, -0.2) is 0 Å². The van der Waals surface area contributed by atoms with Crippen molar-refractivity contribution in [3.8, 4) is 0 Å². The molecule has 1 saturated heterocycles. The fraction of sp³-hybridized carbons (Fsp3) is 0.190. The number of benzene rings is 2. The maximum absolute atomic E-state index is 12.8. The van der Waals surface area contributed by atoms with E-state index in [-0.39, 0.29) is 5.78 Å². The second kappa shape index (κ2) is 7.01. The van der Waals surface area contributed by atoms with E-state index in [1.54, 1.807) is 0 Å². The smallest absolute Gasteiger partial charge is 0.186 e. The highest BCUT2D eigenvalue weighted by molar-refractivity contribution is 7.99. The van der Waals surface area contributed by atoms with Crippen molar-refractivity contribution in [2.75, 3.05) is 11.5 Å². The van der Waals surface area contributed by atoms with Crippen molar-refractivity contribution in [3.05, 3.63) is 81.9 Å². The number of carbonyl (C=O) groups excluding carboxylic acids is 1. The lowest BCUT2D eigenvalue weighted by Crippen LogP contribution is -2.16. The summed E-state index contributed by atoms with van der Waals surface area (Å²) < 4.78 is 0. The molecule has 0 amide bonds. The molecule has 2 aromatic rings. The molecule has 0 bridgehead atoms. The molecule has 1 fully saturated rings. The van der Waals surface area contributed by atoms with Crippen LogP contribution in [0.4, 0.5) is 0 Å². The lowest BCUT2D eigenvalue weighted by atomic mass is 9.98. The number of ketones is 1. The van der Waals surface area contributed by atoms with Gasteiger partial charge in [0.25, 0.3) is 0 Å². The van der Waals surface area contributed by atoms with E-state index in [2.05, 4.69) is 50.3 Å². The quantitative estimate of drug-likeness (QED) is 0.717. The van der Waals surface area contributed by atoms with E-state index in [9.17, 15) is 4.79 Å². The first-order valence-electron chi connectivity index (χ1n) is 7.80. The largest absolute Gasteiger partial charge is 0.289 e. The summed E-state index contributed by atoms with van der Waals surface area (Å²) >= 11 is 1.81. The third kappa shape index (κ3) is 3.65. The zero-order valence-corrected chi connectivity index (χ0v) is 14.3. The van der Waals surface area contributed by atoms with Crippen LogP contribution in [0.2, 0.25) is 0 Å². The molecule has 2 heteroatoms. The van der Waals surface area contributed by atoms with Gasteiger partial charge < -0.3 is 0 Å². The first-order valence-corrected chi connectivity index (χ1v) is 8.95. The van der Waals surface area contributed by atoms with Crippen LogP contribution in [0, 0.1) is 13.8 Å². The molecule has 1 heterocycles. The maximum atomic E-state index is 12.8. The lowest BCUT2D eigenvalue weighted by Gasteiger charge is -2.17. The van der Waals surface area contributed by atoms with Gasteiger partial charge >= 0.3 is 0 Å². The van der Waals surface area contributed by atoms with Gasteiger partial charge in [0.15, 0.2) is 5.78 Å². The van der Waals surface area contributed by atoms with Crippen LogP contribution in [0.5, 0.6) is 0 Å². The van der Waals surface area contributed by atoms with E-state index < -0.39 is 0 Å². The van der Waals surface area contributed by atoms with Crippen LogP contribution in [0.25, 0.3) is 12.2 Å². The molecular weight excluding hydrogens is 300 g/mol. The Balaban J connectivity index is 1.93. The van der Waals surface area contributed by atoms with E-state index in [0.717, 1.165) is 33.8 Å². The number of hydrogen-bond acceptors (Lipinski definition) is 2. The van der Waals surface area contributed by atoms with Gasteiger partial charge in [-0.1, -0.05) is 48.5 Å². The van der Waals surface area contributed by atoms with Gasteiger partial charge in [0.1, 0.15) is 0 Å². The van der Waals surface area contributed by atoms with Gasteiger partial charge in [-0.05, 0) is 48.3 Å². The summed E-state index contributed by atoms with van der Waals surface area (Å²) in [5, 5.41) is 0. The van der Waals surface area contributed by atoms with Crippen LogP contribution in [0.15, 0.2) is 59.7 Å². The Morgan fingerprint density at radius 2 is 1.22 bits per heavy atom. The van der Waals surface area contributed by atoms with Gasteiger partial charge in [0.05, 0.1) is 0 Å². The normalized spacial score (nSPS) is 18.6. The highest BCUT2D eigenvalue weighted by atomic mass is 32.2. The Bertz CT molecular complexity index is 733. The van der Waals surface area contributed by atoms with Crippen LogP contribution >= 0.6 is 11.8 Å². The molecular formula is C21H20OS. The van der Waals surface area contributed by atoms with Gasteiger partial charge in [0.2, 0.25) is 0 Å². The molecule has 3 rings (SSSR count). The van der Waals surface area contributed by atoms with E-state index in [1.165, 1.54) is 11.1 Å². The zero-order chi connectivity index (χ0) is 16.2. The summed E-state index contributed by atoms with van der Waals surface area (Å²) in [5.74, 6) is 1.77. The Kier molecular flexibility index (Phi) is 4.82. The second-order valence-corrected chi connectivity index (χ2v) is 6.86. The molecule has 0 atom stereocenters. The van der Waals surface area contributed by atoms with Crippen molar-refractivity contribution in [1.82, 2.24) is 0 Å². The van der Waals surface area contributed by atoms with Crippen molar-refractivity contribution in [3.63, 3.8) is 0 Å². The molecule has 0 N–H and O–H groups in total. The highest BCUT2D eigenvalue weighted by Crippen LogP contribution is 2.28. The van der Waals surface area contributed by atoms with Crippen LogP contribution in [-0.4, -0.2) is 17.3 Å². The average molecular weight is 320 g/mol. The molecule has 2 aromatic carbocycles. The lowest BCUT2D eigenvalue weighted by molar-refractivity contribution is -0.112. The number of carbonyl (C=O) groups is 1. The fourth-order valence-electron chi connectivity index (χ4n) is 2.70. The molecule has 1 aliphatic heterocycles. The SMILES string of the molecule is Cc1ccccc1/C=C1\CSC/C(=C/c2ccccc2C)C1=O. The number of rotatable bonds is 2. The Morgan fingerprint density at radius 3 is 1.65 bits per heavy atom. The molecule has 0 spiro atoms. The molecule has 0 aromatic heterocycles. The molecule has 0 aliphatic carbocycles. The summed E-state index contributed by atoms with van der Waals surface area (Å²) in [7, 11) is 0. The highest BCUT2D eigenvalue weighted by Gasteiger charge is 2.21. The predicted octanol–water partition coefficient (Wildman–Crippen LogP) is 5.09. The molecule has 0 saturated carbocycles. The minimum absolute atomic E-state index is 0.190. The minimum Gasteiger partial charge on any atom is -0.289 e. The predicted molar refractivity (Wildman–Crippen MR) is 101 cm³/mol. The van der Waals surface area contributed by atoms with Gasteiger partial charge in [0, 0.05) is 22.7 Å². The summed E-state index contributed by atoms with van der Waals surface area (Å²) in [6.07, 6.45) is 4.10. The monoisotopic (exact) mass is 320 g/mol. The third-order valence-electron chi connectivity index (χ3n) is 4.13. The number of thioether (sulfide) groups is 1. The van der Waals surface area contributed by atoms with Gasteiger partial charge in [-0.3, -0.25) is 4.79 Å². The number of aryl methyl sites for hydroxylation is 2. The van der Waals surface area contributed by atoms with Crippen molar-refractivity contribution in [1.29, 1.82) is 0 Å². The minimum atomic E-state index is 0.190. The summed E-state index contributed by atoms with van der Waals surface area (Å²) in [6, 6.07) is 16.4. The Morgan fingerprint density at radius 1 is 0.783 bits per heavy atom. The average Bonchev–Trinajstić information content (AvgIpc) is 2.55. The topological polar surface area (TPSA) is 17.1 Å². The van der Waals surface area contributed by atoms with E-state index in [1.807, 2.05) is 36.0 Å². The molecule has 23 heavy (non-hydrogen) atoms. The Labute approximate surface area is 142 Å².